The fourth-order valence-corrected chi connectivity index (χ4v) is 1.98. The van der Waals surface area contributed by atoms with Crippen LogP contribution in [0.25, 0.3) is 0 Å². The van der Waals surface area contributed by atoms with Gasteiger partial charge in [0.1, 0.15) is 4.99 Å². The van der Waals surface area contributed by atoms with Crippen LogP contribution in [-0.2, 0) is 4.79 Å². The first kappa shape index (κ1) is 12.3. The first-order valence-corrected chi connectivity index (χ1v) is 6.18. The number of hydrogen-bond acceptors (Lipinski definition) is 2. The second kappa shape index (κ2) is 4.63. The third-order valence-corrected chi connectivity index (χ3v) is 3.52. The summed E-state index contributed by atoms with van der Waals surface area (Å²) in [7, 11) is 0. The Kier molecular flexibility index (Phi) is 3.35. The topological polar surface area (TPSA) is 55.1 Å². The molecule has 1 saturated carbocycles. The molecule has 1 aromatic rings. The average molecular weight is 269 g/mol. The molecule has 1 fully saturated rings. The van der Waals surface area contributed by atoms with E-state index in [-0.39, 0.29) is 16.8 Å². The standard InChI is InChI=1S/C12H13ClN2OS/c1-6-4-8(6)12(16)15-10-5-7(11(14)17)2-3-9(10)13/h2-3,5-6,8H,4H2,1H3,(H2,14,17)(H,15,16). The highest BCUT2D eigenvalue weighted by molar-refractivity contribution is 7.80. The van der Waals surface area contributed by atoms with E-state index >= 15 is 0 Å². The third-order valence-electron chi connectivity index (χ3n) is 2.95. The molecule has 3 N–H and O–H groups in total. The lowest BCUT2D eigenvalue weighted by atomic mass is 10.2. The monoisotopic (exact) mass is 268 g/mol. The minimum absolute atomic E-state index is 0.0134. The Hall–Kier alpha value is -1.13. The number of hydrogen-bond donors (Lipinski definition) is 2. The first-order chi connectivity index (χ1) is 7.99. The van der Waals surface area contributed by atoms with Gasteiger partial charge in [-0.05, 0) is 24.5 Å². The molecule has 0 saturated heterocycles. The van der Waals surface area contributed by atoms with Gasteiger partial charge in [-0.3, -0.25) is 4.79 Å². The van der Waals surface area contributed by atoms with Gasteiger partial charge >= 0.3 is 0 Å². The van der Waals surface area contributed by atoms with E-state index in [4.69, 9.17) is 29.6 Å². The van der Waals surface area contributed by atoms with Crippen molar-refractivity contribution in [1.29, 1.82) is 0 Å². The highest BCUT2D eigenvalue weighted by Crippen LogP contribution is 2.39. The summed E-state index contributed by atoms with van der Waals surface area (Å²) in [6.07, 6.45) is 0.943. The minimum atomic E-state index is 0.0134. The van der Waals surface area contributed by atoms with Crippen molar-refractivity contribution in [3.63, 3.8) is 0 Å². The van der Waals surface area contributed by atoms with Crippen LogP contribution in [-0.4, -0.2) is 10.9 Å². The second-order valence-electron chi connectivity index (χ2n) is 4.37. The first-order valence-electron chi connectivity index (χ1n) is 5.39. The van der Waals surface area contributed by atoms with Gasteiger partial charge in [-0.15, -0.1) is 0 Å². The summed E-state index contributed by atoms with van der Waals surface area (Å²) in [5, 5.41) is 3.30. The van der Waals surface area contributed by atoms with Gasteiger partial charge in [-0.25, -0.2) is 0 Å². The summed E-state index contributed by atoms with van der Waals surface area (Å²) < 4.78 is 0. The molecule has 0 bridgehead atoms. The van der Waals surface area contributed by atoms with E-state index in [0.717, 1.165) is 6.42 Å². The van der Waals surface area contributed by atoms with Crippen molar-refractivity contribution in [2.75, 3.05) is 5.32 Å². The van der Waals surface area contributed by atoms with E-state index in [9.17, 15) is 4.79 Å². The molecular weight excluding hydrogens is 256 g/mol. The molecule has 3 nitrogen and oxygen atoms in total. The van der Waals surface area contributed by atoms with Gasteiger partial charge in [-0.1, -0.05) is 36.8 Å². The van der Waals surface area contributed by atoms with Crippen molar-refractivity contribution < 1.29 is 4.79 Å². The van der Waals surface area contributed by atoms with Crippen molar-refractivity contribution in [3.05, 3.63) is 28.8 Å². The zero-order valence-electron chi connectivity index (χ0n) is 9.37. The SMILES string of the molecule is CC1CC1C(=O)Nc1cc(C(N)=S)ccc1Cl. The minimum Gasteiger partial charge on any atom is -0.389 e. The summed E-state index contributed by atoms with van der Waals surface area (Å²) >= 11 is 10.9. The molecule has 90 valence electrons. The van der Waals surface area contributed by atoms with Crippen molar-refractivity contribution in [1.82, 2.24) is 0 Å². The van der Waals surface area contributed by atoms with Crippen LogP contribution in [0.15, 0.2) is 18.2 Å². The summed E-state index contributed by atoms with van der Waals surface area (Å²) in [5.41, 5.74) is 6.80. The van der Waals surface area contributed by atoms with E-state index < -0.39 is 0 Å². The van der Waals surface area contributed by atoms with Gasteiger partial charge in [0.15, 0.2) is 0 Å². The number of carbonyl (C=O) groups excluding carboxylic acids is 1. The zero-order valence-corrected chi connectivity index (χ0v) is 10.9. The number of anilines is 1. The molecule has 2 atom stereocenters. The van der Waals surface area contributed by atoms with Gasteiger partial charge in [0.25, 0.3) is 0 Å². The second-order valence-corrected chi connectivity index (χ2v) is 5.21. The maximum absolute atomic E-state index is 11.8. The Morgan fingerprint density at radius 2 is 2.24 bits per heavy atom. The molecule has 2 unspecified atom stereocenters. The molecule has 0 heterocycles. The third kappa shape index (κ3) is 2.76. The van der Waals surface area contributed by atoms with Crippen molar-refractivity contribution >= 4 is 40.4 Å². The number of amides is 1. The van der Waals surface area contributed by atoms with Crippen molar-refractivity contribution in [2.24, 2.45) is 17.6 Å². The largest absolute Gasteiger partial charge is 0.389 e. The molecule has 1 aliphatic carbocycles. The van der Waals surface area contributed by atoms with Crippen LogP contribution in [0, 0.1) is 11.8 Å². The number of thiocarbonyl (C=S) groups is 1. The quantitative estimate of drug-likeness (QED) is 0.829. The lowest BCUT2D eigenvalue weighted by molar-refractivity contribution is -0.117. The maximum Gasteiger partial charge on any atom is 0.227 e. The lowest BCUT2D eigenvalue weighted by Crippen LogP contribution is -2.16. The fraction of sp³-hybridized carbons (Fsp3) is 0.333. The van der Waals surface area contributed by atoms with Gasteiger partial charge < -0.3 is 11.1 Å². The predicted molar refractivity (Wildman–Crippen MR) is 73.2 cm³/mol. The smallest absolute Gasteiger partial charge is 0.227 e. The van der Waals surface area contributed by atoms with Crippen molar-refractivity contribution in [3.8, 4) is 0 Å². The Bertz CT molecular complexity index is 489. The molecule has 5 heteroatoms. The van der Waals surface area contributed by atoms with Gasteiger partial charge in [0.2, 0.25) is 5.91 Å². The van der Waals surface area contributed by atoms with Crippen LogP contribution >= 0.6 is 23.8 Å². The van der Waals surface area contributed by atoms with Gasteiger partial charge in [0.05, 0.1) is 10.7 Å². The molecule has 2 rings (SSSR count). The van der Waals surface area contributed by atoms with Crippen LogP contribution < -0.4 is 11.1 Å². The van der Waals surface area contributed by atoms with E-state index in [1.807, 2.05) is 0 Å². The zero-order chi connectivity index (χ0) is 12.6. The number of benzene rings is 1. The normalized spacial score (nSPS) is 22.0. The number of rotatable bonds is 3. The van der Waals surface area contributed by atoms with Crippen molar-refractivity contribution in [2.45, 2.75) is 13.3 Å². The van der Waals surface area contributed by atoms with Crippen LogP contribution in [0.3, 0.4) is 0 Å². The molecule has 1 aromatic carbocycles. The fourth-order valence-electron chi connectivity index (χ4n) is 1.69. The molecule has 1 amide bonds. The number of nitrogens with two attached hydrogens (primary N) is 1. The molecule has 17 heavy (non-hydrogen) atoms. The highest BCUT2D eigenvalue weighted by atomic mass is 35.5. The van der Waals surface area contributed by atoms with E-state index in [2.05, 4.69) is 12.2 Å². The van der Waals surface area contributed by atoms with E-state index in [0.29, 0.717) is 22.2 Å². The van der Waals surface area contributed by atoms with Crippen LogP contribution in [0.5, 0.6) is 0 Å². The summed E-state index contributed by atoms with van der Waals surface area (Å²) in [6, 6.07) is 5.12. The Morgan fingerprint density at radius 1 is 1.59 bits per heavy atom. The molecule has 0 spiro atoms. The van der Waals surface area contributed by atoms with Gasteiger partial charge in [0, 0.05) is 11.5 Å². The van der Waals surface area contributed by atoms with Crippen LogP contribution in [0.1, 0.15) is 18.9 Å². The summed E-state index contributed by atoms with van der Waals surface area (Å²) in [6.45, 7) is 2.05. The van der Waals surface area contributed by atoms with Crippen LogP contribution in [0.4, 0.5) is 5.69 Å². The average Bonchev–Trinajstić information content (AvgIpc) is 2.98. The molecule has 0 radical (unpaired) electrons. The molecule has 0 aliphatic heterocycles. The molecule has 1 aliphatic rings. The summed E-state index contributed by atoms with van der Waals surface area (Å²) in [4.78, 5) is 12.1. The number of carbonyl (C=O) groups is 1. The lowest BCUT2D eigenvalue weighted by Gasteiger charge is -2.08. The maximum atomic E-state index is 11.8. The Balaban J connectivity index is 2.16. The summed E-state index contributed by atoms with van der Waals surface area (Å²) in [5.74, 6) is 0.589. The van der Waals surface area contributed by atoms with Gasteiger partial charge in [-0.2, -0.15) is 0 Å². The number of nitrogens with one attached hydrogen (secondary N) is 1. The van der Waals surface area contributed by atoms with E-state index in [1.54, 1.807) is 18.2 Å². The van der Waals surface area contributed by atoms with E-state index in [1.165, 1.54) is 0 Å². The highest BCUT2D eigenvalue weighted by Gasteiger charge is 2.39. The molecule has 0 aromatic heterocycles. The van der Waals surface area contributed by atoms with Crippen LogP contribution in [0.2, 0.25) is 5.02 Å². The Morgan fingerprint density at radius 3 is 2.76 bits per heavy atom. The Labute approximate surface area is 110 Å². The number of halogens is 1. The predicted octanol–water partition coefficient (Wildman–Crippen LogP) is 2.57. The molecular formula is C12H13ClN2OS.